The molecule has 0 amide bonds. The number of imidazole rings is 1. The number of aryl methyl sites for hydroxylation is 1. The van der Waals surface area contributed by atoms with Gasteiger partial charge in [0.15, 0.2) is 11.6 Å². The number of fused-ring (bicyclic) bond motifs is 1. The summed E-state index contributed by atoms with van der Waals surface area (Å²) in [6.07, 6.45) is 0. The third-order valence-corrected chi connectivity index (χ3v) is 2.36. The molecule has 0 aliphatic carbocycles. The zero-order valence-corrected chi connectivity index (χ0v) is 8.65. The molecule has 0 fully saturated rings. The van der Waals surface area contributed by atoms with Crippen LogP contribution in [0.15, 0.2) is 18.2 Å². The fourth-order valence-corrected chi connectivity index (χ4v) is 1.62. The van der Waals surface area contributed by atoms with Gasteiger partial charge in [0.25, 0.3) is 0 Å². The Labute approximate surface area is 90.9 Å². The molecule has 0 atom stereocenters. The van der Waals surface area contributed by atoms with Gasteiger partial charge in [0, 0.05) is 0 Å². The van der Waals surface area contributed by atoms with Crippen molar-refractivity contribution in [3.63, 3.8) is 0 Å². The predicted octanol–water partition coefficient (Wildman–Crippen LogP) is 1.24. The topological polar surface area (TPSA) is 96.3 Å². The highest BCUT2D eigenvalue weighted by molar-refractivity contribution is 5.78. The van der Waals surface area contributed by atoms with Crippen molar-refractivity contribution in [2.24, 2.45) is 0 Å². The molecular weight excluding hydrogens is 204 g/mol. The summed E-state index contributed by atoms with van der Waals surface area (Å²) in [7, 11) is 0. The van der Waals surface area contributed by atoms with Gasteiger partial charge in [-0.15, -0.1) is 5.10 Å². The van der Waals surface area contributed by atoms with E-state index >= 15 is 0 Å². The van der Waals surface area contributed by atoms with Gasteiger partial charge in [0.2, 0.25) is 5.95 Å². The van der Waals surface area contributed by atoms with E-state index in [-0.39, 0.29) is 5.95 Å². The van der Waals surface area contributed by atoms with Gasteiger partial charge in [-0.25, -0.2) is 4.98 Å². The number of nitrogens with two attached hydrogens (primary N) is 1. The molecule has 0 spiro atoms. The maximum atomic E-state index is 5.44. The van der Waals surface area contributed by atoms with Gasteiger partial charge in [0.05, 0.1) is 11.0 Å². The summed E-state index contributed by atoms with van der Waals surface area (Å²) in [5.74, 6) is 1.41. The molecule has 4 N–H and O–H groups in total. The number of hydrogen-bond donors (Lipinski definition) is 3. The van der Waals surface area contributed by atoms with E-state index in [1.807, 2.05) is 25.1 Å². The normalized spacial score (nSPS) is 11.1. The maximum absolute atomic E-state index is 5.44. The summed E-state index contributed by atoms with van der Waals surface area (Å²) in [4.78, 5) is 11.6. The molecule has 0 unspecified atom stereocenters. The zero-order chi connectivity index (χ0) is 11.1. The van der Waals surface area contributed by atoms with Gasteiger partial charge in [0.1, 0.15) is 0 Å². The van der Waals surface area contributed by atoms with E-state index in [1.165, 1.54) is 5.56 Å². The molecule has 2 aromatic heterocycles. The molecule has 1 aromatic carbocycles. The Hall–Kier alpha value is -2.37. The lowest BCUT2D eigenvalue weighted by atomic mass is 10.2. The largest absolute Gasteiger partial charge is 0.366 e. The lowest BCUT2D eigenvalue weighted by Gasteiger charge is -1.89. The lowest BCUT2D eigenvalue weighted by molar-refractivity contribution is 1.09. The standard InChI is InChI=1S/C10H10N6/c1-5-2-3-6-7(4-5)13-8(12-6)9-14-10(11)16-15-9/h2-4H,1H3,(H,12,13)(H3,11,14,15,16). The van der Waals surface area contributed by atoms with Crippen molar-refractivity contribution in [1.82, 2.24) is 25.1 Å². The number of nitrogen functional groups attached to an aromatic ring is 1. The number of aromatic nitrogens is 5. The Morgan fingerprint density at radius 1 is 1.19 bits per heavy atom. The van der Waals surface area contributed by atoms with Gasteiger partial charge in [-0.2, -0.15) is 4.98 Å². The van der Waals surface area contributed by atoms with Crippen molar-refractivity contribution < 1.29 is 0 Å². The summed E-state index contributed by atoms with van der Waals surface area (Å²) in [6, 6.07) is 6.01. The van der Waals surface area contributed by atoms with E-state index in [1.54, 1.807) is 0 Å². The summed E-state index contributed by atoms with van der Waals surface area (Å²) in [5, 5.41) is 6.48. The number of H-pyrrole nitrogens is 2. The van der Waals surface area contributed by atoms with Gasteiger partial charge in [-0.1, -0.05) is 6.07 Å². The number of nitrogens with zero attached hydrogens (tertiary/aromatic N) is 3. The van der Waals surface area contributed by atoms with E-state index in [9.17, 15) is 0 Å². The summed E-state index contributed by atoms with van der Waals surface area (Å²) in [6.45, 7) is 2.03. The Morgan fingerprint density at radius 2 is 2.06 bits per heavy atom. The van der Waals surface area contributed by atoms with Crippen molar-refractivity contribution in [3.8, 4) is 11.6 Å². The van der Waals surface area contributed by atoms with E-state index in [2.05, 4.69) is 25.1 Å². The number of anilines is 1. The minimum Gasteiger partial charge on any atom is -0.366 e. The summed E-state index contributed by atoms with van der Waals surface area (Å²) < 4.78 is 0. The molecule has 0 saturated heterocycles. The Balaban J connectivity index is 2.18. The number of aromatic amines is 2. The van der Waals surface area contributed by atoms with Crippen LogP contribution in [0.3, 0.4) is 0 Å². The van der Waals surface area contributed by atoms with Crippen LogP contribution in [-0.2, 0) is 0 Å². The molecule has 80 valence electrons. The predicted molar refractivity (Wildman–Crippen MR) is 60.6 cm³/mol. The van der Waals surface area contributed by atoms with Gasteiger partial charge >= 0.3 is 0 Å². The first-order valence-corrected chi connectivity index (χ1v) is 4.87. The van der Waals surface area contributed by atoms with E-state index in [4.69, 9.17) is 5.73 Å². The van der Waals surface area contributed by atoms with Gasteiger partial charge in [-0.05, 0) is 24.6 Å². The third-order valence-electron chi connectivity index (χ3n) is 2.36. The van der Waals surface area contributed by atoms with Crippen molar-refractivity contribution in [3.05, 3.63) is 23.8 Å². The average Bonchev–Trinajstić information content (AvgIpc) is 2.83. The van der Waals surface area contributed by atoms with Crippen molar-refractivity contribution in [2.75, 3.05) is 5.73 Å². The van der Waals surface area contributed by atoms with E-state index in [0.29, 0.717) is 11.6 Å². The Bertz CT molecular complexity index is 650. The number of benzene rings is 1. The Kier molecular flexibility index (Phi) is 1.70. The van der Waals surface area contributed by atoms with Crippen molar-refractivity contribution in [1.29, 1.82) is 0 Å². The molecule has 0 aliphatic rings. The molecule has 16 heavy (non-hydrogen) atoms. The minimum absolute atomic E-state index is 0.214. The van der Waals surface area contributed by atoms with Crippen LogP contribution in [0.25, 0.3) is 22.7 Å². The molecule has 3 aromatic rings. The van der Waals surface area contributed by atoms with E-state index in [0.717, 1.165) is 11.0 Å². The van der Waals surface area contributed by atoms with Crippen molar-refractivity contribution in [2.45, 2.75) is 6.92 Å². The third kappa shape index (κ3) is 1.31. The highest BCUT2D eigenvalue weighted by atomic mass is 15.3. The monoisotopic (exact) mass is 214 g/mol. The molecule has 6 nitrogen and oxygen atoms in total. The van der Waals surface area contributed by atoms with Crippen molar-refractivity contribution >= 4 is 17.0 Å². The molecule has 0 bridgehead atoms. The quantitative estimate of drug-likeness (QED) is 0.567. The highest BCUT2D eigenvalue weighted by Crippen LogP contribution is 2.18. The van der Waals surface area contributed by atoms with E-state index < -0.39 is 0 Å². The molecule has 2 heterocycles. The van der Waals surface area contributed by atoms with Crippen LogP contribution in [0.2, 0.25) is 0 Å². The first kappa shape index (κ1) is 8.90. The lowest BCUT2D eigenvalue weighted by Crippen LogP contribution is -1.86. The van der Waals surface area contributed by atoms with Crippen LogP contribution >= 0.6 is 0 Å². The Morgan fingerprint density at radius 3 is 2.81 bits per heavy atom. The zero-order valence-electron chi connectivity index (χ0n) is 8.65. The van der Waals surface area contributed by atoms with Gasteiger partial charge in [-0.3, -0.25) is 5.10 Å². The van der Waals surface area contributed by atoms with Crippen LogP contribution in [-0.4, -0.2) is 25.1 Å². The molecule has 3 rings (SSSR count). The fraction of sp³-hybridized carbons (Fsp3) is 0.100. The second-order valence-corrected chi connectivity index (χ2v) is 3.65. The minimum atomic E-state index is 0.214. The molecule has 0 radical (unpaired) electrons. The van der Waals surface area contributed by atoms with Crippen LogP contribution in [0, 0.1) is 6.92 Å². The first-order chi connectivity index (χ1) is 7.72. The second kappa shape index (κ2) is 3.06. The molecule has 0 saturated carbocycles. The summed E-state index contributed by atoms with van der Waals surface area (Å²) >= 11 is 0. The van der Waals surface area contributed by atoms with Crippen LogP contribution in [0.5, 0.6) is 0 Å². The highest BCUT2D eigenvalue weighted by Gasteiger charge is 2.08. The molecule has 6 heteroatoms. The number of rotatable bonds is 1. The number of nitrogens with one attached hydrogen (secondary N) is 2. The van der Waals surface area contributed by atoms with Crippen LogP contribution in [0.1, 0.15) is 5.56 Å². The SMILES string of the molecule is Cc1ccc2nc(-c3nc(N)n[nH]3)[nH]c2c1. The smallest absolute Gasteiger partial charge is 0.239 e. The molecular formula is C10H10N6. The molecule has 0 aliphatic heterocycles. The second-order valence-electron chi connectivity index (χ2n) is 3.65. The first-order valence-electron chi connectivity index (χ1n) is 4.87. The van der Waals surface area contributed by atoms with Gasteiger partial charge < -0.3 is 10.7 Å². The summed E-state index contributed by atoms with van der Waals surface area (Å²) in [5.41, 5.74) is 8.50. The maximum Gasteiger partial charge on any atom is 0.239 e. The average molecular weight is 214 g/mol. The number of hydrogen-bond acceptors (Lipinski definition) is 4. The van der Waals surface area contributed by atoms with Crippen LogP contribution < -0.4 is 5.73 Å². The van der Waals surface area contributed by atoms with Crippen LogP contribution in [0.4, 0.5) is 5.95 Å². The fourth-order valence-electron chi connectivity index (χ4n) is 1.62.